The van der Waals surface area contributed by atoms with Crippen molar-refractivity contribution >= 4 is 32.9 Å². The quantitative estimate of drug-likeness (QED) is 0.457. The number of amides is 1. The number of carbonyl (C=O) groups excluding carboxylic acids is 2. The summed E-state index contributed by atoms with van der Waals surface area (Å²) in [6, 6.07) is 7.61. The molecule has 0 atom stereocenters. The third kappa shape index (κ3) is 6.43. The molecule has 1 heterocycles. The molecule has 0 spiro atoms. The zero-order valence-electron chi connectivity index (χ0n) is 19.8. The second kappa shape index (κ2) is 10.3. The van der Waals surface area contributed by atoms with Crippen LogP contribution >= 0.6 is 0 Å². The average molecular weight is 526 g/mol. The lowest BCUT2D eigenvalue weighted by Crippen LogP contribution is -2.29. The van der Waals surface area contributed by atoms with Crippen LogP contribution in [0.2, 0.25) is 0 Å². The van der Waals surface area contributed by atoms with E-state index in [1.165, 1.54) is 36.5 Å². The van der Waals surface area contributed by atoms with Gasteiger partial charge in [-0.2, -0.15) is 0 Å². The molecule has 1 aromatic heterocycles. The molecule has 0 radical (unpaired) electrons. The highest BCUT2D eigenvalue weighted by Gasteiger charge is 2.24. The third-order valence-corrected chi connectivity index (χ3v) is 6.62. The first-order chi connectivity index (χ1) is 16.7. The van der Waals surface area contributed by atoms with Gasteiger partial charge in [0.25, 0.3) is 0 Å². The molecule has 8 nitrogen and oxygen atoms in total. The summed E-state index contributed by atoms with van der Waals surface area (Å²) in [5.74, 6) is -1.32. The van der Waals surface area contributed by atoms with Crippen LogP contribution in [-0.4, -0.2) is 43.6 Å². The van der Waals surface area contributed by atoms with E-state index in [1.807, 2.05) is 0 Å². The number of aromatic nitrogens is 1. The van der Waals surface area contributed by atoms with E-state index in [4.69, 9.17) is 10.5 Å². The number of benzene rings is 2. The van der Waals surface area contributed by atoms with E-state index in [0.29, 0.717) is 16.5 Å². The number of sulfonamides is 1. The van der Waals surface area contributed by atoms with Crippen LogP contribution in [0.1, 0.15) is 32.8 Å². The first-order valence-electron chi connectivity index (χ1n) is 10.9. The van der Waals surface area contributed by atoms with Gasteiger partial charge in [-0.1, -0.05) is 6.07 Å². The Morgan fingerprint density at radius 3 is 2.44 bits per heavy atom. The lowest BCUT2D eigenvalue weighted by Gasteiger charge is -2.19. The molecule has 12 heteroatoms. The van der Waals surface area contributed by atoms with Gasteiger partial charge in [-0.05, 0) is 62.2 Å². The molecule has 0 aliphatic heterocycles. The Hall–Kier alpha value is -3.38. The second-order valence-corrected chi connectivity index (χ2v) is 10.8. The molecule has 3 rings (SSSR count). The van der Waals surface area contributed by atoms with E-state index < -0.39 is 46.3 Å². The summed E-state index contributed by atoms with van der Waals surface area (Å²) < 4.78 is 74.9. The van der Waals surface area contributed by atoms with E-state index in [1.54, 1.807) is 20.8 Å². The van der Waals surface area contributed by atoms with Gasteiger partial charge in [0.1, 0.15) is 11.4 Å². The van der Waals surface area contributed by atoms with Crippen LogP contribution in [0.15, 0.2) is 47.5 Å². The van der Waals surface area contributed by atoms with Gasteiger partial charge in [-0.25, -0.2) is 31.1 Å². The maximum absolute atomic E-state index is 14.0. The normalized spacial score (nSPS) is 12.3. The number of nitrogens with one attached hydrogen (secondary N) is 1. The topological polar surface area (TPSA) is 120 Å². The molecule has 0 saturated carbocycles. The van der Waals surface area contributed by atoms with E-state index in [-0.39, 0.29) is 28.9 Å². The van der Waals surface area contributed by atoms with Crippen LogP contribution < -0.4 is 10.5 Å². The van der Waals surface area contributed by atoms with Gasteiger partial charge in [-0.3, -0.25) is 9.36 Å². The summed E-state index contributed by atoms with van der Waals surface area (Å²) in [7, 11) is -4.23. The van der Waals surface area contributed by atoms with Crippen LogP contribution in [0, 0.1) is 5.82 Å². The Morgan fingerprint density at radius 2 is 1.83 bits per heavy atom. The Kier molecular flexibility index (Phi) is 7.79. The van der Waals surface area contributed by atoms with Crippen molar-refractivity contribution in [1.29, 1.82) is 0 Å². The number of nitrogens with zero attached hydrogens (tertiary/aromatic N) is 1. The molecule has 0 fully saturated rings. The standard InChI is InChI=1S/C24H26F3N3O5S/c1-24(2,3)35-23(32)30-13-18(17-6-5-16(25)12-19(17)30)14-4-7-20(15(10-14)11-21(26)27)36(33,34)29-9-8-22(28)31/h4-7,10,12-13,21,29H,8-9,11H2,1-3H3,(H2,28,31). The highest BCUT2D eigenvalue weighted by atomic mass is 32.2. The summed E-state index contributed by atoms with van der Waals surface area (Å²) in [6.45, 7) is 4.73. The third-order valence-electron chi connectivity index (χ3n) is 5.06. The second-order valence-electron chi connectivity index (χ2n) is 9.09. The molecule has 1 amide bonds. The Bertz CT molecular complexity index is 1410. The van der Waals surface area contributed by atoms with E-state index in [2.05, 4.69) is 4.72 Å². The van der Waals surface area contributed by atoms with Crippen molar-refractivity contribution < 1.29 is 35.9 Å². The van der Waals surface area contributed by atoms with Crippen molar-refractivity contribution in [3.8, 4) is 11.1 Å². The van der Waals surface area contributed by atoms with Gasteiger partial charge in [0.15, 0.2) is 0 Å². The Morgan fingerprint density at radius 1 is 1.14 bits per heavy atom. The number of ether oxygens (including phenoxy) is 1. The summed E-state index contributed by atoms with van der Waals surface area (Å²) in [6.07, 6.45) is -3.35. The first kappa shape index (κ1) is 27.2. The van der Waals surface area contributed by atoms with Crippen molar-refractivity contribution in [1.82, 2.24) is 9.29 Å². The predicted octanol–water partition coefficient (Wildman–Crippen LogP) is 4.19. The molecule has 0 bridgehead atoms. The molecule has 0 saturated heterocycles. The van der Waals surface area contributed by atoms with Gasteiger partial charge in [0.2, 0.25) is 22.4 Å². The first-order valence-corrected chi connectivity index (χ1v) is 12.4. The minimum absolute atomic E-state index is 0.172. The molecular formula is C24H26F3N3O5S. The molecule has 194 valence electrons. The molecule has 3 N–H and O–H groups in total. The highest BCUT2D eigenvalue weighted by Crippen LogP contribution is 2.34. The van der Waals surface area contributed by atoms with Crippen molar-refractivity contribution in [3.63, 3.8) is 0 Å². The number of fused-ring (bicyclic) bond motifs is 1. The lowest BCUT2D eigenvalue weighted by atomic mass is 10.0. The zero-order chi connectivity index (χ0) is 26.8. The van der Waals surface area contributed by atoms with Crippen LogP contribution in [-0.2, 0) is 26.0 Å². The largest absolute Gasteiger partial charge is 0.443 e. The lowest BCUT2D eigenvalue weighted by molar-refractivity contribution is -0.117. The smallest absolute Gasteiger partial charge is 0.419 e. The van der Waals surface area contributed by atoms with Crippen molar-refractivity contribution in [2.75, 3.05) is 6.54 Å². The Labute approximate surface area is 206 Å². The molecule has 36 heavy (non-hydrogen) atoms. The minimum Gasteiger partial charge on any atom is -0.443 e. The molecule has 0 unspecified atom stereocenters. The average Bonchev–Trinajstić information content (AvgIpc) is 3.10. The molecule has 0 aliphatic carbocycles. The maximum atomic E-state index is 14.0. The van der Waals surface area contributed by atoms with Gasteiger partial charge in [0.05, 0.1) is 10.4 Å². The number of hydrogen-bond acceptors (Lipinski definition) is 5. The molecule has 2 aromatic carbocycles. The highest BCUT2D eigenvalue weighted by molar-refractivity contribution is 7.89. The van der Waals surface area contributed by atoms with Gasteiger partial charge >= 0.3 is 6.09 Å². The monoisotopic (exact) mass is 525 g/mol. The van der Waals surface area contributed by atoms with Crippen molar-refractivity contribution in [2.45, 2.75) is 50.5 Å². The van der Waals surface area contributed by atoms with Crippen LogP contribution in [0.4, 0.5) is 18.0 Å². The summed E-state index contributed by atoms with van der Waals surface area (Å²) in [5, 5.41) is 0.431. The van der Waals surface area contributed by atoms with Crippen molar-refractivity contribution in [2.24, 2.45) is 5.73 Å². The SMILES string of the molecule is CC(C)(C)OC(=O)n1cc(-c2ccc(S(=O)(=O)NCCC(N)=O)c(CC(F)F)c2)c2ccc(F)cc21. The number of nitrogens with two attached hydrogens (primary N) is 1. The van der Waals surface area contributed by atoms with Crippen LogP contribution in [0.3, 0.4) is 0 Å². The number of rotatable bonds is 8. The summed E-state index contributed by atoms with van der Waals surface area (Å²) >= 11 is 0. The summed E-state index contributed by atoms with van der Waals surface area (Å²) in [5.41, 5.74) is 4.93. The van der Waals surface area contributed by atoms with Gasteiger partial charge in [-0.15, -0.1) is 0 Å². The van der Waals surface area contributed by atoms with Crippen LogP contribution in [0.5, 0.6) is 0 Å². The van der Waals surface area contributed by atoms with E-state index in [9.17, 15) is 31.2 Å². The van der Waals surface area contributed by atoms with E-state index >= 15 is 0 Å². The maximum Gasteiger partial charge on any atom is 0.419 e. The fourth-order valence-electron chi connectivity index (χ4n) is 3.61. The Balaban J connectivity index is 2.13. The number of primary amides is 1. The van der Waals surface area contributed by atoms with Gasteiger partial charge in [0, 0.05) is 36.5 Å². The minimum atomic E-state index is -4.23. The fraction of sp³-hybridized carbons (Fsp3) is 0.333. The van der Waals surface area contributed by atoms with E-state index in [0.717, 1.165) is 10.6 Å². The molecule has 3 aromatic rings. The number of alkyl halides is 2. The molecular weight excluding hydrogens is 499 g/mol. The number of carbonyl (C=O) groups is 2. The fourth-order valence-corrected chi connectivity index (χ4v) is 4.87. The van der Waals surface area contributed by atoms with Gasteiger partial charge < -0.3 is 10.5 Å². The molecule has 0 aliphatic rings. The number of halogens is 3. The van der Waals surface area contributed by atoms with Crippen molar-refractivity contribution in [3.05, 3.63) is 54.0 Å². The van der Waals surface area contributed by atoms with Crippen LogP contribution in [0.25, 0.3) is 22.0 Å². The zero-order valence-corrected chi connectivity index (χ0v) is 20.7. The summed E-state index contributed by atoms with van der Waals surface area (Å²) in [4.78, 5) is 23.3. The predicted molar refractivity (Wildman–Crippen MR) is 128 cm³/mol. The number of hydrogen-bond donors (Lipinski definition) is 2.